The maximum Gasteiger partial charge on any atom is 0.332 e. The van der Waals surface area contributed by atoms with Crippen molar-refractivity contribution in [3.8, 4) is 0 Å². The SMILES string of the molecule is C[C@@H]1CCC[C@@H](C)N1C(=O)Cn1cnc2c1c(=O)n(C)c(=O)n2C. The minimum atomic E-state index is -0.432. The van der Waals surface area contributed by atoms with E-state index in [-0.39, 0.29) is 30.1 Å². The normalized spacial score (nSPS) is 21.4. The number of likely N-dealkylation sites (tertiary alicyclic amines) is 1. The lowest BCUT2D eigenvalue weighted by Gasteiger charge is -2.39. The number of imidazole rings is 1. The van der Waals surface area contributed by atoms with E-state index in [4.69, 9.17) is 0 Å². The quantitative estimate of drug-likeness (QED) is 0.787. The molecule has 0 bridgehead atoms. The molecule has 0 spiro atoms. The number of carbonyl (C=O) groups is 1. The summed E-state index contributed by atoms with van der Waals surface area (Å²) in [5, 5.41) is 0. The number of hydrogen-bond donors (Lipinski definition) is 0. The molecule has 0 N–H and O–H groups in total. The molecule has 0 unspecified atom stereocenters. The molecule has 0 aliphatic carbocycles. The Bertz CT molecular complexity index is 897. The van der Waals surface area contributed by atoms with Gasteiger partial charge in [-0.1, -0.05) is 0 Å². The van der Waals surface area contributed by atoms with E-state index in [0.717, 1.165) is 23.8 Å². The van der Waals surface area contributed by atoms with Gasteiger partial charge in [0.2, 0.25) is 5.91 Å². The van der Waals surface area contributed by atoms with Gasteiger partial charge in [-0.05, 0) is 33.1 Å². The molecule has 3 rings (SSSR count). The summed E-state index contributed by atoms with van der Waals surface area (Å²) < 4.78 is 3.91. The molecule has 2 aromatic rings. The van der Waals surface area contributed by atoms with Crippen LogP contribution < -0.4 is 11.2 Å². The predicted molar refractivity (Wildman–Crippen MR) is 89.8 cm³/mol. The van der Waals surface area contributed by atoms with E-state index in [1.54, 1.807) is 11.6 Å². The molecule has 2 atom stereocenters. The van der Waals surface area contributed by atoms with Crippen LogP contribution in [0.4, 0.5) is 0 Å². The van der Waals surface area contributed by atoms with Crippen LogP contribution >= 0.6 is 0 Å². The van der Waals surface area contributed by atoms with Gasteiger partial charge in [0, 0.05) is 26.2 Å². The third kappa shape index (κ3) is 2.46. The fourth-order valence-corrected chi connectivity index (χ4v) is 3.66. The van der Waals surface area contributed by atoms with Gasteiger partial charge in [0.1, 0.15) is 6.54 Å². The number of aryl methyl sites for hydroxylation is 1. The second-order valence-electron chi connectivity index (χ2n) is 6.68. The van der Waals surface area contributed by atoms with Gasteiger partial charge in [0.25, 0.3) is 5.56 Å². The first-order valence-electron chi connectivity index (χ1n) is 8.25. The number of piperidine rings is 1. The number of amides is 1. The molecule has 0 saturated carbocycles. The summed E-state index contributed by atoms with van der Waals surface area (Å²) in [7, 11) is 3.00. The van der Waals surface area contributed by atoms with Crippen LogP contribution in [0.2, 0.25) is 0 Å². The van der Waals surface area contributed by atoms with E-state index in [1.165, 1.54) is 17.9 Å². The molecule has 8 heteroatoms. The Morgan fingerprint density at radius 2 is 1.79 bits per heavy atom. The Kier molecular flexibility index (Phi) is 4.06. The van der Waals surface area contributed by atoms with Crippen LogP contribution in [0.3, 0.4) is 0 Å². The molecule has 1 amide bonds. The highest BCUT2D eigenvalue weighted by Crippen LogP contribution is 2.23. The maximum atomic E-state index is 12.8. The summed E-state index contributed by atoms with van der Waals surface area (Å²) in [6, 6.07) is 0.395. The molecule has 1 aliphatic heterocycles. The Balaban J connectivity index is 2.01. The third-order valence-corrected chi connectivity index (χ3v) is 5.00. The fraction of sp³-hybridized carbons (Fsp3) is 0.625. The van der Waals surface area contributed by atoms with Gasteiger partial charge in [-0.3, -0.25) is 18.7 Å². The number of aromatic nitrogens is 4. The Morgan fingerprint density at radius 3 is 2.42 bits per heavy atom. The van der Waals surface area contributed by atoms with Crippen molar-refractivity contribution in [3.05, 3.63) is 27.2 Å². The van der Waals surface area contributed by atoms with E-state index < -0.39 is 11.2 Å². The number of rotatable bonds is 2. The number of fused-ring (bicyclic) bond motifs is 1. The fourth-order valence-electron chi connectivity index (χ4n) is 3.66. The van der Waals surface area contributed by atoms with Crippen molar-refractivity contribution in [1.82, 2.24) is 23.6 Å². The smallest absolute Gasteiger partial charge is 0.332 e. The minimum absolute atomic E-state index is 0.0232. The third-order valence-electron chi connectivity index (χ3n) is 5.00. The molecule has 1 saturated heterocycles. The lowest BCUT2D eigenvalue weighted by Crippen LogP contribution is -2.48. The molecule has 24 heavy (non-hydrogen) atoms. The van der Waals surface area contributed by atoms with Crippen LogP contribution in [-0.4, -0.2) is 41.6 Å². The van der Waals surface area contributed by atoms with Crippen LogP contribution in [0.25, 0.3) is 11.2 Å². The van der Waals surface area contributed by atoms with Crippen LogP contribution in [0.15, 0.2) is 15.9 Å². The largest absolute Gasteiger partial charge is 0.336 e. The average molecular weight is 333 g/mol. The summed E-state index contributed by atoms with van der Waals surface area (Å²) in [6.07, 6.45) is 4.58. The number of carbonyl (C=O) groups excluding carboxylic acids is 1. The standard InChI is InChI=1S/C16H23N5O3/c1-10-6-5-7-11(2)21(10)12(22)8-20-9-17-14-13(20)15(23)19(4)16(24)18(14)3/h9-11H,5-8H2,1-4H3/t10-,11-/m1/s1. The first-order chi connectivity index (χ1) is 11.3. The predicted octanol–water partition coefficient (Wildman–Crippen LogP) is 0.223. The molecule has 1 aliphatic rings. The monoisotopic (exact) mass is 333 g/mol. The summed E-state index contributed by atoms with van der Waals surface area (Å²) in [5.41, 5.74) is -0.276. The van der Waals surface area contributed by atoms with Gasteiger partial charge in [-0.25, -0.2) is 9.78 Å². The lowest BCUT2D eigenvalue weighted by molar-refractivity contribution is -0.137. The van der Waals surface area contributed by atoms with E-state index in [0.29, 0.717) is 5.65 Å². The van der Waals surface area contributed by atoms with E-state index in [1.807, 2.05) is 4.90 Å². The molecule has 1 fully saturated rings. The summed E-state index contributed by atoms with van der Waals surface area (Å²) in [5.74, 6) is -0.0232. The highest BCUT2D eigenvalue weighted by Gasteiger charge is 2.29. The first kappa shape index (κ1) is 16.5. The van der Waals surface area contributed by atoms with Gasteiger partial charge >= 0.3 is 5.69 Å². The molecular formula is C16H23N5O3. The minimum Gasteiger partial charge on any atom is -0.336 e. The summed E-state index contributed by atoms with van der Waals surface area (Å²) in [6.45, 7) is 4.17. The maximum absolute atomic E-state index is 12.8. The highest BCUT2D eigenvalue weighted by atomic mass is 16.2. The molecule has 130 valence electrons. The van der Waals surface area contributed by atoms with Crippen molar-refractivity contribution >= 4 is 17.1 Å². The van der Waals surface area contributed by atoms with Crippen LogP contribution in [0.1, 0.15) is 33.1 Å². The van der Waals surface area contributed by atoms with Gasteiger partial charge in [-0.2, -0.15) is 0 Å². The molecule has 0 aromatic carbocycles. The molecule has 3 heterocycles. The van der Waals surface area contributed by atoms with E-state index in [2.05, 4.69) is 18.8 Å². The topological polar surface area (TPSA) is 82.1 Å². The Labute approximate surface area is 139 Å². The van der Waals surface area contributed by atoms with E-state index >= 15 is 0 Å². The summed E-state index contributed by atoms with van der Waals surface area (Å²) in [4.78, 5) is 43.2. The van der Waals surface area contributed by atoms with Crippen molar-refractivity contribution in [2.45, 2.75) is 51.7 Å². The van der Waals surface area contributed by atoms with Crippen LogP contribution in [0, 0.1) is 0 Å². The van der Waals surface area contributed by atoms with Crippen molar-refractivity contribution in [1.29, 1.82) is 0 Å². The van der Waals surface area contributed by atoms with Crippen molar-refractivity contribution < 1.29 is 4.79 Å². The Hall–Kier alpha value is -2.38. The second-order valence-corrected chi connectivity index (χ2v) is 6.68. The summed E-state index contributed by atoms with van der Waals surface area (Å²) >= 11 is 0. The Morgan fingerprint density at radius 1 is 1.17 bits per heavy atom. The van der Waals surface area contributed by atoms with Gasteiger partial charge in [0.15, 0.2) is 11.2 Å². The zero-order valence-corrected chi connectivity index (χ0v) is 14.5. The average Bonchev–Trinajstić information content (AvgIpc) is 2.94. The first-order valence-corrected chi connectivity index (χ1v) is 8.25. The molecule has 2 aromatic heterocycles. The highest BCUT2D eigenvalue weighted by molar-refractivity contribution is 5.79. The van der Waals surface area contributed by atoms with Gasteiger partial charge in [0.05, 0.1) is 6.33 Å². The second kappa shape index (κ2) is 5.92. The van der Waals surface area contributed by atoms with Crippen molar-refractivity contribution in [2.75, 3.05) is 0 Å². The van der Waals surface area contributed by atoms with Gasteiger partial charge < -0.3 is 9.47 Å². The zero-order chi connectivity index (χ0) is 17.6. The van der Waals surface area contributed by atoms with Crippen molar-refractivity contribution in [3.63, 3.8) is 0 Å². The molecular weight excluding hydrogens is 310 g/mol. The molecule has 8 nitrogen and oxygen atoms in total. The number of nitrogens with zero attached hydrogens (tertiary/aromatic N) is 5. The molecule has 0 radical (unpaired) electrons. The van der Waals surface area contributed by atoms with Crippen LogP contribution in [0.5, 0.6) is 0 Å². The van der Waals surface area contributed by atoms with Crippen LogP contribution in [-0.2, 0) is 25.4 Å². The van der Waals surface area contributed by atoms with Crippen molar-refractivity contribution in [2.24, 2.45) is 14.1 Å². The lowest BCUT2D eigenvalue weighted by atomic mass is 9.97. The number of hydrogen-bond acceptors (Lipinski definition) is 4. The zero-order valence-electron chi connectivity index (χ0n) is 14.5. The van der Waals surface area contributed by atoms with E-state index in [9.17, 15) is 14.4 Å². The van der Waals surface area contributed by atoms with Gasteiger partial charge in [-0.15, -0.1) is 0 Å².